The monoisotopic (exact) mass is 305 g/mol. The molecule has 0 aliphatic rings. The summed E-state index contributed by atoms with van der Waals surface area (Å²) in [6.07, 6.45) is 3.21. The number of hydrogen-bond acceptors (Lipinski definition) is 4. The molecule has 0 amide bonds. The van der Waals surface area contributed by atoms with Crippen LogP contribution in [0.1, 0.15) is 27.4 Å². The Morgan fingerprint density at radius 1 is 1.33 bits per heavy atom. The van der Waals surface area contributed by atoms with Crippen LogP contribution in [0.2, 0.25) is 0 Å². The van der Waals surface area contributed by atoms with E-state index < -0.39 is 5.97 Å². The molecule has 4 nitrogen and oxygen atoms in total. The van der Waals surface area contributed by atoms with Gasteiger partial charge in [0.1, 0.15) is 5.75 Å². The van der Waals surface area contributed by atoms with Crippen molar-refractivity contribution in [2.75, 3.05) is 6.61 Å². The van der Waals surface area contributed by atoms with Crippen LogP contribution in [0, 0.1) is 13.8 Å². The molecule has 0 saturated carbocycles. The minimum Gasteiger partial charge on any atom is -0.493 e. The molecule has 0 bridgehead atoms. The van der Waals surface area contributed by atoms with Crippen molar-refractivity contribution in [2.45, 2.75) is 33.1 Å². The lowest BCUT2D eigenvalue weighted by molar-refractivity contribution is -0.136. The van der Waals surface area contributed by atoms with Gasteiger partial charge in [-0.25, -0.2) is 4.98 Å². The number of carboxylic acids is 1. The first-order valence-electron chi connectivity index (χ1n) is 6.90. The van der Waals surface area contributed by atoms with Gasteiger partial charge in [0.25, 0.3) is 0 Å². The molecule has 2 rings (SSSR count). The minimum absolute atomic E-state index is 0.153. The molecular weight excluding hydrogens is 286 g/mol. The fourth-order valence-corrected chi connectivity index (χ4v) is 2.84. The van der Waals surface area contributed by atoms with Crippen molar-refractivity contribution in [1.82, 2.24) is 4.98 Å². The van der Waals surface area contributed by atoms with Gasteiger partial charge in [0.15, 0.2) is 0 Å². The van der Waals surface area contributed by atoms with Crippen molar-refractivity contribution in [3.8, 4) is 5.75 Å². The molecule has 0 aliphatic heterocycles. The molecule has 0 spiro atoms. The lowest BCUT2D eigenvalue weighted by atomic mass is 10.1. The van der Waals surface area contributed by atoms with E-state index in [1.165, 1.54) is 11.1 Å². The van der Waals surface area contributed by atoms with Crippen molar-refractivity contribution >= 4 is 17.3 Å². The molecule has 0 atom stereocenters. The van der Waals surface area contributed by atoms with E-state index >= 15 is 0 Å². The number of carboxylic acid groups (broad SMARTS) is 1. The Morgan fingerprint density at radius 2 is 2.14 bits per heavy atom. The van der Waals surface area contributed by atoms with E-state index in [-0.39, 0.29) is 6.42 Å². The average molecular weight is 305 g/mol. The van der Waals surface area contributed by atoms with Crippen LogP contribution in [-0.2, 0) is 17.6 Å². The molecule has 0 radical (unpaired) electrons. The van der Waals surface area contributed by atoms with Crippen LogP contribution < -0.4 is 4.74 Å². The Bertz CT molecular complexity index is 622. The van der Waals surface area contributed by atoms with Crippen LogP contribution in [0.15, 0.2) is 24.4 Å². The number of ether oxygens (including phenoxy) is 1. The van der Waals surface area contributed by atoms with Gasteiger partial charge in [-0.1, -0.05) is 12.1 Å². The van der Waals surface area contributed by atoms with Crippen molar-refractivity contribution in [3.05, 3.63) is 45.4 Å². The van der Waals surface area contributed by atoms with Crippen molar-refractivity contribution in [1.29, 1.82) is 0 Å². The first kappa shape index (κ1) is 15.5. The molecule has 2 aromatic rings. The number of rotatable bonds is 7. The number of aliphatic carboxylic acids is 1. The van der Waals surface area contributed by atoms with E-state index in [4.69, 9.17) is 9.84 Å². The number of hydrogen-bond donors (Lipinski definition) is 1. The molecule has 112 valence electrons. The molecule has 0 unspecified atom stereocenters. The first-order chi connectivity index (χ1) is 10.1. The second-order valence-electron chi connectivity index (χ2n) is 4.91. The standard InChI is InChI=1S/C16H19NO3S/c1-11-4-3-5-14(12(11)2)20-9-8-15-17-10-13(21-15)6-7-16(18)19/h3-5,10H,6-9H2,1-2H3,(H,18,19). The smallest absolute Gasteiger partial charge is 0.303 e. The lowest BCUT2D eigenvalue weighted by Crippen LogP contribution is -2.02. The molecular formula is C16H19NO3S. The molecule has 0 saturated heterocycles. The van der Waals surface area contributed by atoms with Gasteiger partial charge >= 0.3 is 5.97 Å². The Morgan fingerprint density at radius 3 is 2.90 bits per heavy atom. The van der Waals surface area contributed by atoms with E-state index in [1.54, 1.807) is 17.5 Å². The van der Waals surface area contributed by atoms with Gasteiger partial charge in [0.2, 0.25) is 0 Å². The van der Waals surface area contributed by atoms with Crippen molar-refractivity contribution in [3.63, 3.8) is 0 Å². The highest BCUT2D eigenvalue weighted by Crippen LogP contribution is 2.21. The van der Waals surface area contributed by atoms with E-state index in [0.29, 0.717) is 13.0 Å². The van der Waals surface area contributed by atoms with E-state index in [2.05, 4.69) is 24.9 Å². The maximum Gasteiger partial charge on any atom is 0.303 e. The Hall–Kier alpha value is -1.88. The summed E-state index contributed by atoms with van der Waals surface area (Å²) in [5, 5.41) is 9.65. The summed E-state index contributed by atoms with van der Waals surface area (Å²) in [5.74, 6) is 0.140. The average Bonchev–Trinajstić information content (AvgIpc) is 2.89. The lowest BCUT2D eigenvalue weighted by Gasteiger charge is -2.09. The summed E-state index contributed by atoms with van der Waals surface area (Å²) in [5.41, 5.74) is 2.39. The predicted octanol–water partition coefficient (Wildman–Crippen LogP) is 3.40. The van der Waals surface area contributed by atoms with Gasteiger partial charge in [-0.05, 0) is 37.5 Å². The second-order valence-corrected chi connectivity index (χ2v) is 6.11. The van der Waals surface area contributed by atoms with Gasteiger partial charge in [0.05, 0.1) is 18.0 Å². The van der Waals surface area contributed by atoms with Crippen LogP contribution >= 0.6 is 11.3 Å². The third kappa shape index (κ3) is 4.56. The highest BCUT2D eigenvalue weighted by atomic mass is 32.1. The summed E-state index contributed by atoms with van der Waals surface area (Å²) in [6.45, 7) is 4.70. The Kier molecular flexibility index (Phi) is 5.33. The number of aryl methyl sites for hydroxylation is 2. The number of nitrogens with zero attached hydrogens (tertiary/aromatic N) is 1. The molecule has 5 heteroatoms. The fourth-order valence-electron chi connectivity index (χ4n) is 1.94. The highest BCUT2D eigenvalue weighted by Gasteiger charge is 2.06. The molecule has 21 heavy (non-hydrogen) atoms. The van der Waals surface area contributed by atoms with Gasteiger partial charge in [0, 0.05) is 17.5 Å². The molecule has 0 fully saturated rings. The van der Waals surface area contributed by atoms with E-state index in [0.717, 1.165) is 22.1 Å². The number of aromatic nitrogens is 1. The quantitative estimate of drug-likeness (QED) is 0.851. The van der Waals surface area contributed by atoms with Crippen molar-refractivity contribution in [2.24, 2.45) is 0 Å². The van der Waals surface area contributed by atoms with E-state index in [1.807, 2.05) is 12.1 Å². The van der Waals surface area contributed by atoms with Gasteiger partial charge in [-0.15, -0.1) is 11.3 Å². The van der Waals surface area contributed by atoms with Crippen molar-refractivity contribution < 1.29 is 14.6 Å². The summed E-state index contributed by atoms with van der Waals surface area (Å²) in [4.78, 5) is 15.9. The van der Waals surface area contributed by atoms with Gasteiger partial charge in [-0.3, -0.25) is 4.79 Å². The molecule has 1 heterocycles. The zero-order valence-corrected chi connectivity index (χ0v) is 13.1. The predicted molar refractivity (Wildman–Crippen MR) is 83.2 cm³/mol. The third-order valence-corrected chi connectivity index (χ3v) is 4.43. The third-order valence-electron chi connectivity index (χ3n) is 3.32. The van der Waals surface area contributed by atoms with Crippen LogP contribution in [0.25, 0.3) is 0 Å². The van der Waals surface area contributed by atoms with Gasteiger partial charge in [-0.2, -0.15) is 0 Å². The molecule has 1 aromatic carbocycles. The minimum atomic E-state index is -0.775. The van der Waals surface area contributed by atoms with Gasteiger partial charge < -0.3 is 9.84 Å². The zero-order chi connectivity index (χ0) is 15.2. The number of thiazole rings is 1. The molecule has 1 N–H and O–H groups in total. The SMILES string of the molecule is Cc1cccc(OCCc2ncc(CCC(=O)O)s2)c1C. The van der Waals surface area contributed by atoms with E-state index in [9.17, 15) is 4.79 Å². The van der Waals surface area contributed by atoms with Crippen LogP contribution in [-0.4, -0.2) is 22.7 Å². The number of carbonyl (C=O) groups is 1. The topological polar surface area (TPSA) is 59.4 Å². The maximum absolute atomic E-state index is 10.5. The van der Waals surface area contributed by atoms with Crippen LogP contribution in [0.3, 0.4) is 0 Å². The largest absolute Gasteiger partial charge is 0.493 e. The molecule has 1 aromatic heterocycles. The summed E-state index contributed by atoms with van der Waals surface area (Å²) in [7, 11) is 0. The van der Waals surface area contributed by atoms with Crippen LogP contribution in [0.4, 0.5) is 0 Å². The maximum atomic E-state index is 10.5. The summed E-state index contributed by atoms with van der Waals surface area (Å²) < 4.78 is 5.80. The zero-order valence-electron chi connectivity index (χ0n) is 12.3. The highest BCUT2D eigenvalue weighted by molar-refractivity contribution is 7.11. The van der Waals surface area contributed by atoms with Crippen LogP contribution in [0.5, 0.6) is 5.75 Å². The molecule has 0 aliphatic carbocycles. The summed E-state index contributed by atoms with van der Waals surface area (Å²) >= 11 is 1.56. The Labute approximate surface area is 128 Å². The normalized spacial score (nSPS) is 10.6. The second kappa shape index (κ2) is 7.22. The fraction of sp³-hybridized carbons (Fsp3) is 0.375. The summed E-state index contributed by atoms with van der Waals surface area (Å²) in [6, 6.07) is 6.03. The Balaban J connectivity index is 1.83. The first-order valence-corrected chi connectivity index (χ1v) is 7.72. The number of benzene rings is 1.